The molecule has 1 aromatic heterocycles. The number of hydrogen-bond donors (Lipinski definition) is 2. The zero-order chi connectivity index (χ0) is 19.9. The summed E-state index contributed by atoms with van der Waals surface area (Å²) in [6.07, 6.45) is 4.60. The predicted molar refractivity (Wildman–Crippen MR) is 119 cm³/mol. The third-order valence-electron chi connectivity index (χ3n) is 5.53. The van der Waals surface area contributed by atoms with Crippen LogP contribution in [0.5, 0.6) is 0 Å². The number of nitrogens with one attached hydrogen (secondary N) is 1. The molecule has 2 heterocycles. The highest BCUT2D eigenvalue weighted by atomic mass is 32.1. The Labute approximate surface area is 173 Å². The fourth-order valence-corrected chi connectivity index (χ4v) is 4.76. The van der Waals surface area contributed by atoms with Gasteiger partial charge in [-0.3, -0.25) is 4.79 Å². The van der Waals surface area contributed by atoms with Crippen LogP contribution in [-0.4, -0.2) is 37.0 Å². The van der Waals surface area contributed by atoms with E-state index in [1.807, 2.05) is 11.8 Å². The monoisotopic (exact) mass is 399 g/mol. The smallest absolute Gasteiger partial charge is 0.264 e. The summed E-state index contributed by atoms with van der Waals surface area (Å²) in [5.74, 6) is 0.814. The number of thiophene rings is 1. The van der Waals surface area contributed by atoms with Crippen molar-refractivity contribution in [2.24, 2.45) is 11.7 Å². The van der Waals surface area contributed by atoms with E-state index < -0.39 is 0 Å². The van der Waals surface area contributed by atoms with Gasteiger partial charge in [-0.2, -0.15) is 0 Å². The van der Waals surface area contributed by atoms with Gasteiger partial charge >= 0.3 is 0 Å². The van der Waals surface area contributed by atoms with Gasteiger partial charge in [-0.05, 0) is 74.4 Å². The quantitative estimate of drug-likeness (QED) is 0.614. The van der Waals surface area contributed by atoms with E-state index in [1.165, 1.54) is 28.8 Å². The topological polar surface area (TPSA) is 58.4 Å². The van der Waals surface area contributed by atoms with Crippen LogP contribution in [0.3, 0.4) is 0 Å². The van der Waals surface area contributed by atoms with E-state index in [0.29, 0.717) is 5.92 Å². The van der Waals surface area contributed by atoms with Crippen molar-refractivity contribution >= 4 is 17.2 Å². The summed E-state index contributed by atoms with van der Waals surface area (Å²) in [5, 5.41) is 3.51. The van der Waals surface area contributed by atoms with E-state index >= 15 is 0 Å². The Hall–Kier alpha value is -1.69. The zero-order valence-corrected chi connectivity index (χ0v) is 18.0. The van der Waals surface area contributed by atoms with Crippen molar-refractivity contribution in [2.75, 3.05) is 26.2 Å². The molecule has 1 aliphatic rings. The second kappa shape index (κ2) is 10.2. The Morgan fingerprint density at radius 3 is 2.64 bits per heavy atom. The number of carbonyl (C=O) groups excluding carboxylic acids is 1. The van der Waals surface area contributed by atoms with Gasteiger partial charge in [-0.25, -0.2) is 0 Å². The third kappa shape index (κ3) is 5.43. The molecule has 3 rings (SSSR count). The lowest BCUT2D eigenvalue weighted by Crippen LogP contribution is -2.27. The van der Waals surface area contributed by atoms with Crippen molar-refractivity contribution in [2.45, 2.75) is 46.1 Å². The van der Waals surface area contributed by atoms with Crippen LogP contribution in [0.1, 0.15) is 53.4 Å². The van der Waals surface area contributed by atoms with Crippen molar-refractivity contribution in [3.8, 4) is 10.4 Å². The van der Waals surface area contributed by atoms with Gasteiger partial charge < -0.3 is 16.0 Å². The van der Waals surface area contributed by atoms with Gasteiger partial charge in [0.05, 0.1) is 4.88 Å². The molecule has 0 radical (unpaired) electrons. The molecule has 0 spiro atoms. The van der Waals surface area contributed by atoms with Gasteiger partial charge in [-0.1, -0.05) is 31.2 Å². The number of likely N-dealkylation sites (tertiary alicyclic amines) is 1. The summed E-state index contributed by atoms with van der Waals surface area (Å²) in [6, 6.07) is 10.9. The van der Waals surface area contributed by atoms with Gasteiger partial charge in [0.2, 0.25) is 0 Å². The lowest BCUT2D eigenvalue weighted by Gasteiger charge is -2.14. The lowest BCUT2D eigenvalue weighted by atomic mass is 10.1. The van der Waals surface area contributed by atoms with Crippen LogP contribution in [-0.2, 0) is 6.54 Å². The molecule has 1 unspecified atom stereocenters. The second-order valence-corrected chi connectivity index (χ2v) is 9.03. The first-order valence-electron chi connectivity index (χ1n) is 10.5. The molecule has 1 aliphatic heterocycles. The zero-order valence-electron chi connectivity index (χ0n) is 17.2. The SMILES string of the molecule is Cc1cc(-c2ccc(CNCCCC(C)CN)cc2)sc1C(=O)N1CCCC1. The van der Waals surface area contributed by atoms with E-state index in [9.17, 15) is 4.79 Å². The highest BCUT2D eigenvalue weighted by Gasteiger charge is 2.23. The number of rotatable bonds is 9. The summed E-state index contributed by atoms with van der Waals surface area (Å²) >= 11 is 1.63. The molecule has 1 aromatic carbocycles. The molecule has 1 saturated heterocycles. The Morgan fingerprint density at radius 1 is 1.25 bits per heavy atom. The lowest BCUT2D eigenvalue weighted by molar-refractivity contribution is 0.0797. The third-order valence-corrected chi connectivity index (χ3v) is 6.80. The number of nitrogens with zero attached hydrogens (tertiary/aromatic N) is 1. The summed E-state index contributed by atoms with van der Waals surface area (Å²) in [5.41, 5.74) is 9.23. The van der Waals surface area contributed by atoms with Crippen molar-refractivity contribution in [1.29, 1.82) is 0 Å². The largest absolute Gasteiger partial charge is 0.338 e. The summed E-state index contributed by atoms with van der Waals surface area (Å²) in [7, 11) is 0. The first-order chi connectivity index (χ1) is 13.6. The molecule has 28 heavy (non-hydrogen) atoms. The van der Waals surface area contributed by atoms with Gasteiger partial charge in [0.15, 0.2) is 0 Å². The molecule has 3 N–H and O–H groups in total. The average Bonchev–Trinajstić information content (AvgIpc) is 3.37. The molecule has 1 fully saturated rings. The van der Waals surface area contributed by atoms with Crippen LogP contribution < -0.4 is 11.1 Å². The molecule has 0 aliphatic carbocycles. The van der Waals surface area contributed by atoms with Gasteiger partial charge in [0, 0.05) is 24.5 Å². The maximum absolute atomic E-state index is 12.7. The summed E-state index contributed by atoms with van der Waals surface area (Å²) < 4.78 is 0. The predicted octanol–water partition coefficient (Wildman–Crippen LogP) is 4.42. The maximum atomic E-state index is 12.7. The van der Waals surface area contributed by atoms with E-state index in [0.717, 1.165) is 56.0 Å². The number of aryl methyl sites for hydroxylation is 1. The Balaban J connectivity index is 1.55. The van der Waals surface area contributed by atoms with E-state index in [4.69, 9.17) is 5.73 Å². The highest BCUT2D eigenvalue weighted by Crippen LogP contribution is 2.32. The Morgan fingerprint density at radius 2 is 1.96 bits per heavy atom. The van der Waals surface area contributed by atoms with Crippen molar-refractivity contribution in [3.05, 3.63) is 46.3 Å². The fraction of sp³-hybridized carbons (Fsp3) is 0.522. The van der Waals surface area contributed by atoms with E-state index in [2.05, 4.69) is 42.6 Å². The van der Waals surface area contributed by atoms with E-state index in [-0.39, 0.29) is 5.91 Å². The van der Waals surface area contributed by atoms with Crippen molar-refractivity contribution in [3.63, 3.8) is 0 Å². The molecular formula is C23H33N3OS. The Bertz CT molecular complexity index is 763. The maximum Gasteiger partial charge on any atom is 0.264 e. The van der Waals surface area contributed by atoms with Crippen LogP contribution in [0.15, 0.2) is 30.3 Å². The number of carbonyl (C=O) groups is 1. The normalized spacial score (nSPS) is 15.2. The van der Waals surface area contributed by atoms with Crippen LogP contribution in [0.2, 0.25) is 0 Å². The molecule has 4 nitrogen and oxygen atoms in total. The molecule has 0 saturated carbocycles. The van der Waals surface area contributed by atoms with Gasteiger partial charge in [0.25, 0.3) is 5.91 Å². The molecule has 2 aromatic rings. The number of nitrogens with two attached hydrogens (primary N) is 1. The summed E-state index contributed by atoms with van der Waals surface area (Å²) in [6.45, 7) is 8.74. The average molecular weight is 400 g/mol. The van der Waals surface area contributed by atoms with Crippen molar-refractivity contribution < 1.29 is 4.79 Å². The molecule has 1 atom stereocenters. The number of benzene rings is 1. The number of amides is 1. The highest BCUT2D eigenvalue weighted by molar-refractivity contribution is 7.17. The second-order valence-electron chi connectivity index (χ2n) is 7.98. The van der Waals surface area contributed by atoms with Crippen LogP contribution in [0.25, 0.3) is 10.4 Å². The minimum atomic E-state index is 0.205. The first kappa shape index (κ1) is 21.0. The molecule has 1 amide bonds. The minimum Gasteiger partial charge on any atom is -0.338 e. The Kier molecular flexibility index (Phi) is 7.65. The first-order valence-corrected chi connectivity index (χ1v) is 11.3. The number of hydrogen-bond acceptors (Lipinski definition) is 4. The fourth-order valence-electron chi connectivity index (χ4n) is 3.61. The standard InChI is InChI=1S/C23H33N3OS/c1-17(15-24)6-5-11-25-16-19-7-9-20(10-8-19)21-14-18(2)22(28-21)23(27)26-12-3-4-13-26/h7-10,14,17,25H,3-6,11-13,15-16,24H2,1-2H3. The van der Waals surface area contributed by atoms with Gasteiger partial charge in [-0.15, -0.1) is 11.3 Å². The van der Waals surface area contributed by atoms with Crippen LogP contribution >= 0.6 is 11.3 Å². The van der Waals surface area contributed by atoms with Crippen LogP contribution in [0, 0.1) is 12.8 Å². The minimum absolute atomic E-state index is 0.205. The molecular weight excluding hydrogens is 366 g/mol. The van der Waals surface area contributed by atoms with Crippen molar-refractivity contribution in [1.82, 2.24) is 10.2 Å². The molecule has 5 heteroatoms. The molecule has 152 valence electrons. The van der Waals surface area contributed by atoms with Gasteiger partial charge in [0.1, 0.15) is 0 Å². The van der Waals surface area contributed by atoms with E-state index in [1.54, 1.807) is 11.3 Å². The molecule has 0 bridgehead atoms. The van der Waals surface area contributed by atoms with Crippen LogP contribution in [0.4, 0.5) is 0 Å². The summed E-state index contributed by atoms with van der Waals surface area (Å²) in [4.78, 5) is 16.8.